The van der Waals surface area contributed by atoms with Gasteiger partial charge in [-0.1, -0.05) is 0 Å². The SMILES string of the molecule is O=C1Cn2c(=O)[nH]c3ccnc(c32)N1. The fourth-order valence-corrected chi connectivity index (χ4v) is 1.67. The van der Waals surface area contributed by atoms with Crippen LogP contribution >= 0.6 is 0 Å². The Hall–Kier alpha value is -2.11. The van der Waals surface area contributed by atoms with Crippen molar-refractivity contribution in [1.29, 1.82) is 0 Å². The fourth-order valence-electron chi connectivity index (χ4n) is 1.67. The molecule has 0 unspecified atom stereocenters. The van der Waals surface area contributed by atoms with Gasteiger partial charge >= 0.3 is 5.69 Å². The Balaban J connectivity index is 2.53. The molecule has 6 heteroatoms. The lowest BCUT2D eigenvalue weighted by Gasteiger charge is -2.12. The van der Waals surface area contributed by atoms with Crippen molar-refractivity contribution in [3.63, 3.8) is 0 Å². The summed E-state index contributed by atoms with van der Waals surface area (Å²) in [6, 6.07) is 1.70. The minimum Gasteiger partial charge on any atom is -0.307 e. The normalized spacial score (nSPS) is 14.4. The van der Waals surface area contributed by atoms with Crippen molar-refractivity contribution >= 4 is 22.8 Å². The molecule has 0 atom stereocenters. The van der Waals surface area contributed by atoms with E-state index in [1.807, 2.05) is 0 Å². The van der Waals surface area contributed by atoms with Gasteiger partial charge in [-0.3, -0.25) is 9.36 Å². The van der Waals surface area contributed by atoms with Crippen molar-refractivity contribution in [2.45, 2.75) is 6.54 Å². The molecule has 1 aliphatic rings. The molecule has 1 amide bonds. The molecular formula is C8H6N4O2. The maximum atomic E-state index is 11.4. The van der Waals surface area contributed by atoms with Gasteiger partial charge in [0.25, 0.3) is 0 Å². The second-order valence-electron chi connectivity index (χ2n) is 3.12. The topological polar surface area (TPSA) is 79.8 Å². The first-order valence-electron chi connectivity index (χ1n) is 4.13. The molecule has 70 valence electrons. The fraction of sp³-hybridized carbons (Fsp3) is 0.125. The molecule has 0 spiro atoms. The molecule has 0 radical (unpaired) electrons. The van der Waals surface area contributed by atoms with Gasteiger partial charge in [0.15, 0.2) is 5.82 Å². The first-order valence-corrected chi connectivity index (χ1v) is 4.13. The van der Waals surface area contributed by atoms with Crippen LogP contribution in [0.25, 0.3) is 11.0 Å². The maximum Gasteiger partial charge on any atom is 0.327 e. The molecule has 2 N–H and O–H groups in total. The number of hydrogen-bond donors (Lipinski definition) is 2. The molecule has 0 saturated carbocycles. The molecule has 0 saturated heterocycles. The largest absolute Gasteiger partial charge is 0.327 e. The lowest BCUT2D eigenvalue weighted by Crippen LogP contribution is -2.30. The molecule has 2 aromatic rings. The van der Waals surface area contributed by atoms with Crippen LogP contribution in [-0.4, -0.2) is 20.4 Å². The third kappa shape index (κ3) is 0.769. The number of carbonyl (C=O) groups excluding carboxylic acids is 1. The molecule has 0 aliphatic carbocycles. The Labute approximate surface area is 77.6 Å². The van der Waals surface area contributed by atoms with Crippen molar-refractivity contribution in [2.24, 2.45) is 0 Å². The summed E-state index contributed by atoms with van der Waals surface area (Å²) in [7, 11) is 0. The number of anilines is 1. The minimum atomic E-state index is -0.274. The Morgan fingerprint density at radius 1 is 1.43 bits per heavy atom. The van der Waals surface area contributed by atoms with Gasteiger partial charge in [-0.05, 0) is 6.07 Å². The Kier molecular flexibility index (Phi) is 1.16. The predicted octanol–water partition coefficient (Wildman–Crippen LogP) is -0.323. The molecule has 0 bridgehead atoms. The summed E-state index contributed by atoms with van der Waals surface area (Å²) < 4.78 is 1.39. The van der Waals surface area contributed by atoms with Gasteiger partial charge in [-0.25, -0.2) is 9.78 Å². The molecule has 3 heterocycles. The number of amides is 1. The van der Waals surface area contributed by atoms with Gasteiger partial charge in [-0.15, -0.1) is 0 Å². The highest BCUT2D eigenvalue weighted by Crippen LogP contribution is 2.20. The van der Waals surface area contributed by atoms with E-state index < -0.39 is 0 Å². The molecule has 3 rings (SSSR count). The van der Waals surface area contributed by atoms with E-state index in [4.69, 9.17) is 0 Å². The number of aromatic nitrogens is 3. The van der Waals surface area contributed by atoms with Crippen LogP contribution in [0.2, 0.25) is 0 Å². The van der Waals surface area contributed by atoms with E-state index in [1.54, 1.807) is 12.3 Å². The van der Waals surface area contributed by atoms with Crippen LogP contribution in [0, 0.1) is 0 Å². The predicted molar refractivity (Wildman–Crippen MR) is 49.0 cm³/mol. The van der Waals surface area contributed by atoms with E-state index in [-0.39, 0.29) is 18.1 Å². The van der Waals surface area contributed by atoms with Crippen molar-refractivity contribution in [1.82, 2.24) is 14.5 Å². The van der Waals surface area contributed by atoms with Gasteiger partial charge in [-0.2, -0.15) is 0 Å². The van der Waals surface area contributed by atoms with Gasteiger partial charge in [0, 0.05) is 6.20 Å². The van der Waals surface area contributed by atoms with Crippen LogP contribution in [0.1, 0.15) is 0 Å². The number of pyridine rings is 1. The number of carbonyl (C=O) groups is 1. The van der Waals surface area contributed by atoms with Crippen LogP contribution in [0.15, 0.2) is 17.1 Å². The molecule has 14 heavy (non-hydrogen) atoms. The van der Waals surface area contributed by atoms with Gasteiger partial charge in [0.05, 0.1) is 5.52 Å². The van der Waals surface area contributed by atoms with Crippen LogP contribution < -0.4 is 11.0 Å². The Bertz CT molecular complexity index is 595. The highest BCUT2D eigenvalue weighted by molar-refractivity contribution is 6.01. The van der Waals surface area contributed by atoms with Crippen LogP contribution in [0.4, 0.5) is 5.82 Å². The minimum absolute atomic E-state index is 0.0531. The van der Waals surface area contributed by atoms with Crippen molar-refractivity contribution in [3.8, 4) is 0 Å². The number of hydrogen-bond acceptors (Lipinski definition) is 3. The number of rotatable bonds is 0. The summed E-state index contributed by atoms with van der Waals surface area (Å²) in [5, 5.41) is 2.61. The van der Waals surface area contributed by atoms with Crippen molar-refractivity contribution in [2.75, 3.05) is 5.32 Å². The second-order valence-corrected chi connectivity index (χ2v) is 3.12. The van der Waals surface area contributed by atoms with Crippen LogP contribution in [0.5, 0.6) is 0 Å². The van der Waals surface area contributed by atoms with Crippen molar-refractivity contribution < 1.29 is 4.79 Å². The van der Waals surface area contributed by atoms with Gasteiger partial charge in [0.2, 0.25) is 5.91 Å². The van der Waals surface area contributed by atoms with Crippen LogP contribution in [-0.2, 0) is 11.3 Å². The van der Waals surface area contributed by atoms with E-state index in [1.165, 1.54) is 4.57 Å². The molecule has 6 nitrogen and oxygen atoms in total. The highest BCUT2D eigenvalue weighted by atomic mass is 16.2. The van der Waals surface area contributed by atoms with E-state index in [9.17, 15) is 9.59 Å². The molecule has 2 aromatic heterocycles. The number of nitrogens with zero attached hydrogens (tertiary/aromatic N) is 2. The van der Waals surface area contributed by atoms with Crippen LogP contribution in [0.3, 0.4) is 0 Å². The zero-order chi connectivity index (χ0) is 9.71. The standard InChI is InChI=1S/C8H6N4O2/c13-5-3-12-6-4(10-8(12)14)1-2-9-7(6)11-5/h1-2H,3H2,(H,10,14)(H,9,11,13). The zero-order valence-corrected chi connectivity index (χ0v) is 7.07. The Morgan fingerprint density at radius 3 is 3.14 bits per heavy atom. The molecule has 0 fully saturated rings. The quantitative estimate of drug-likeness (QED) is 0.597. The van der Waals surface area contributed by atoms with E-state index in [0.717, 1.165) is 0 Å². The zero-order valence-electron chi connectivity index (χ0n) is 7.07. The molecule has 1 aliphatic heterocycles. The van der Waals surface area contributed by atoms with Gasteiger partial charge in [0.1, 0.15) is 12.1 Å². The lowest BCUT2D eigenvalue weighted by molar-refractivity contribution is -0.116. The average molecular weight is 190 g/mol. The highest BCUT2D eigenvalue weighted by Gasteiger charge is 2.20. The van der Waals surface area contributed by atoms with E-state index in [0.29, 0.717) is 16.9 Å². The summed E-state index contributed by atoms with van der Waals surface area (Å²) in [5.74, 6) is 0.219. The van der Waals surface area contributed by atoms with Crippen molar-refractivity contribution in [3.05, 3.63) is 22.7 Å². The number of nitrogens with one attached hydrogen (secondary N) is 2. The average Bonchev–Trinajstić information content (AvgIpc) is 2.45. The monoisotopic (exact) mass is 190 g/mol. The molecule has 0 aromatic carbocycles. The molecular weight excluding hydrogens is 184 g/mol. The van der Waals surface area contributed by atoms with Gasteiger partial charge < -0.3 is 10.3 Å². The summed E-state index contributed by atoms with van der Waals surface area (Å²) in [6.45, 7) is 0.0531. The number of H-pyrrole nitrogens is 1. The summed E-state index contributed by atoms with van der Waals surface area (Å²) in [5.41, 5.74) is 1.08. The van der Waals surface area contributed by atoms with E-state index in [2.05, 4.69) is 15.3 Å². The third-order valence-electron chi connectivity index (χ3n) is 2.24. The number of aromatic amines is 1. The second kappa shape index (κ2) is 2.22. The lowest BCUT2D eigenvalue weighted by atomic mass is 10.3. The smallest absolute Gasteiger partial charge is 0.307 e. The first kappa shape index (κ1) is 7.31. The summed E-state index contributed by atoms with van der Waals surface area (Å²) in [6.07, 6.45) is 1.55. The van der Waals surface area contributed by atoms with E-state index >= 15 is 0 Å². The number of imidazole rings is 1. The maximum absolute atomic E-state index is 11.4. The Morgan fingerprint density at radius 2 is 2.29 bits per heavy atom. The summed E-state index contributed by atoms with van der Waals surface area (Å²) in [4.78, 5) is 29.2. The first-order chi connectivity index (χ1) is 6.75. The summed E-state index contributed by atoms with van der Waals surface area (Å²) >= 11 is 0. The third-order valence-corrected chi connectivity index (χ3v) is 2.24.